The molecule has 6 heteroatoms. The number of hydrogen-bond donors (Lipinski definition) is 1. The van der Waals surface area contributed by atoms with Gasteiger partial charge in [-0.05, 0) is 19.1 Å². The highest BCUT2D eigenvalue weighted by Gasteiger charge is 2.09. The third-order valence-corrected chi connectivity index (χ3v) is 2.20. The number of aromatic nitrogens is 1. The van der Waals surface area contributed by atoms with Crippen molar-refractivity contribution in [2.24, 2.45) is 0 Å². The van der Waals surface area contributed by atoms with Crippen LogP contribution in [0.2, 0.25) is 5.15 Å². The number of hydrogen-bond acceptors (Lipinski definition) is 4. The zero-order valence-corrected chi connectivity index (χ0v) is 10.2. The van der Waals surface area contributed by atoms with Gasteiger partial charge in [0.1, 0.15) is 0 Å². The Morgan fingerprint density at radius 2 is 2.24 bits per heavy atom. The van der Waals surface area contributed by atoms with E-state index in [-0.39, 0.29) is 29.9 Å². The van der Waals surface area contributed by atoms with Gasteiger partial charge in [0.25, 0.3) is 0 Å². The van der Waals surface area contributed by atoms with Crippen LogP contribution in [0.5, 0.6) is 0 Å². The highest BCUT2D eigenvalue weighted by molar-refractivity contribution is 6.32. The molecule has 1 N–H and O–H groups in total. The number of nitrogens with one attached hydrogen (secondary N) is 1. The zero-order chi connectivity index (χ0) is 12.7. The predicted octanol–water partition coefficient (Wildman–Crippen LogP) is 2.02. The first-order chi connectivity index (χ1) is 8.13. The van der Waals surface area contributed by atoms with E-state index in [1.807, 2.05) is 0 Å². The van der Waals surface area contributed by atoms with Gasteiger partial charge in [-0.1, -0.05) is 11.6 Å². The number of nitrogens with zero attached hydrogens (tertiary/aromatic N) is 1. The van der Waals surface area contributed by atoms with Gasteiger partial charge in [0.05, 0.1) is 18.7 Å². The van der Waals surface area contributed by atoms with Gasteiger partial charge < -0.3 is 10.1 Å². The second kappa shape index (κ2) is 6.85. The van der Waals surface area contributed by atoms with Crippen LogP contribution < -0.4 is 5.32 Å². The summed E-state index contributed by atoms with van der Waals surface area (Å²) < 4.78 is 4.71. The molecule has 5 nitrogen and oxygen atoms in total. The van der Waals surface area contributed by atoms with E-state index in [0.717, 1.165) is 0 Å². The van der Waals surface area contributed by atoms with Gasteiger partial charge in [-0.2, -0.15) is 0 Å². The smallest absolute Gasteiger partial charge is 0.306 e. The van der Waals surface area contributed by atoms with Gasteiger partial charge >= 0.3 is 5.97 Å². The van der Waals surface area contributed by atoms with Gasteiger partial charge in [-0.15, -0.1) is 0 Å². The van der Waals surface area contributed by atoms with Gasteiger partial charge in [-0.25, -0.2) is 4.98 Å². The number of ether oxygens (including phenoxy) is 1. The Balaban J connectivity index is 2.40. The Morgan fingerprint density at radius 3 is 2.88 bits per heavy atom. The topological polar surface area (TPSA) is 68.3 Å². The normalized spacial score (nSPS) is 9.76. The monoisotopic (exact) mass is 256 g/mol. The first-order valence-electron chi connectivity index (χ1n) is 5.19. The SMILES string of the molecule is CCOC(=O)CCC(=O)Nc1cccnc1Cl. The van der Waals surface area contributed by atoms with E-state index < -0.39 is 0 Å². The lowest BCUT2D eigenvalue weighted by Crippen LogP contribution is -2.14. The molecule has 0 aliphatic rings. The van der Waals surface area contributed by atoms with Crippen LogP contribution in [0, 0.1) is 0 Å². The Labute approximate surface area is 104 Å². The molecule has 0 atom stereocenters. The number of carbonyl (C=O) groups excluding carboxylic acids is 2. The summed E-state index contributed by atoms with van der Waals surface area (Å²) >= 11 is 5.76. The summed E-state index contributed by atoms with van der Waals surface area (Å²) in [6.45, 7) is 2.03. The first-order valence-corrected chi connectivity index (χ1v) is 5.57. The number of halogens is 1. The standard InChI is InChI=1S/C11H13ClN2O3/c1-2-17-10(16)6-5-9(15)14-8-4-3-7-13-11(8)12/h3-4,7H,2,5-6H2,1H3,(H,14,15). The molecule has 0 unspecified atom stereocenters. The Hall–Kier alpha value is -1.62. The van der Waals surface area contributed by atoms with Crippen LogP contribution in [0.4, 0.5) is 5.69 Å². The number of anilines is 1. The van der Waals surface area contributed by atoms with Gasteiger partial charge in [0.2, 0.25) is 5.91 Å². The average Bonchev–Trinajstić information content (AvgIpc) is 2.30. The van der Waals surface area contributed by atoms with Crippen molar-refractivity contribution in [2.45, 2.75) is 19.8 Å². The maximum absolute atomic E-state index is 11.5. The van der Waals surface area contributed by atoms with Crippen molar-refractivity contribution < 1.29 is 14.3 Å². The molecule has 0 radical (unpaired) electrons. The van der Waals surface area contributed by atoms with Crippen molar-refractivity contribution in [2.75, 3.05) is 11.9 Å². The molecule has 17 heavy (non-hydrogen) atoms. The highest BCUT2D eigenvalue weighted by atomic mass is 35.5. The second-order valence-corrected chi connectivity index (χ2v) is 3.55. The van der Waals surface area contributed by atoms with Crippen molar-refractivity contribution in [3.05, 3.63) is 23.5 Å². The lowest BCUT2D eigenvalue weighted by atomic mass is 10.3. The third kappa shape index (κ3) is 4.82. The van der Waals surface area contributed by atoms with Gasteiger partial charge in [-0.3, -0.25) is 9.59 Å². The van der Waals surface area contributed by atoms with Gasteiger partial charge in [0.15, 0.2) is 5.15 Å². The molecular formula is C11H13ClN2O3. The summed E-state index contributed by atoms with van der Waals surface area (Å²) in [4.78, 5) is 26.3. The largest absolute Gasteiger partial charge is 0.466 e. The average molecular weight is 257 g/mol. The second-order valence-electron chi connectivity index (χ2n) is 3.19. The fourth-order valence-corrected chi connectivity index (χ4v) is 1.31. The van der Waals surface area contributed by atoms with E-state index in [4.69, 9.17) is 16.3 Å². The van der Waals surface area contributed by atoms with Crippen molar-refractivity contribution >= 4 is 29.2 Å². The summed E-state index contributed by atoms with van der Waals surface area (Å²) in [5, 5.41) is 2.79. The van der Waals surface area contributed by atoms with Crippen LogP contribution in [0.3, 0.4) is 0 Å². The molecule has 1 rings (SSSR count). The lowest BCUT2D eigenvalue weighted by molar-refractivity contribution is -0.144. The molecular weight excluding hydrogens is 244 g/mol. The highest BCUT2D eigenvalue weighted by Crippen LogP contribution is 2.17. The molecule has 1 aromatic heterocycles. The summed E-state index contributed by atoms with van der Waals surface area (Å²) in [6.07, 6.45) is 1.64. The molecule has 0 aliphatic carbocycles. The number of rotatable bonds is 5. The maximum Gasteiger partial charge on any atom is 0.306 e. The first kappa shape index (κ1) is 13.4. The molecule has 0 bridgehead atoms. The maximum atomic E-state index is 11.5. The van der Waals surface area contributed by atoms with E-state index in [1.54, 1.807) is 19.1 Å². The summed E-state index contributed by atoms with van der Waals surface area (Å²) in [7, 11) is 0. The van der Waals surface area contributed by atoms with Crippen LogP contribution in [0.15, 0.2) is 18.3 Å². The van der Waals surface area contributed by atoms with Crippen LogP contribution in [-0.4, -0.2) is 23.5 Å². The number of amides is 1. The Morgan fingerprint density at radius 1 is 1.47 bits per heavy atom. The number of carbonyl (C=O) groups is 2. The van der Waals surface area contributed by atoms with E-state index in [1.165, 1.54) is 6.20 Å². The minimum absolute atomic E-state index is 0.0531. The summed E-state index contributed by atoms with van der Waals surface area (Å²) in [5.74, 6) is -0.687. The molecule has 1 aromatic rings. The van der Waals surface area contributed by atoms with E-state index in [2.05, 4.69) is 10.3 Å². The molecule has 0 aromatic carbocycles. The van der Waals surface area contributed by atoms with E-state index >= 15 is 0 Å². The molecule has 0 spiro atoms. The zero-order valence-electron chi connectivity index (χ0n) is 9.40. The quantitative estimate of drug-likeness (QED) is 0.646. The van der Waals surface area contributed by atoms with Crippen LogP contribution in [0.1, 0.15) is 19.8 Å². The molecule has 1 amide bonds. The third-order valence-electron chi connectivity index (χ3n) is 1.89. The molecule has 0 fully saturated rings. The minimum Gasteiger partial charge on any atom is -0.466 e. The summed E-state index contributed by atoms with van der Waals surface area (Å²) in [6, 6.07) is 3.30. The number of pyridine rings is 1. The fourth-order valence-electron chi connectivity index (χ4n) is 1.14. The van der Waals surface area contributed by atoms with Gasteiger partial charge in [0, 0.05) is 12.6 Å². The molecule has 0 saturated heterocycles. The van der Waals surface area contributed by atoms with E-state index in [9.17, 15) is 9.59 Å². The van der Waals surface area contributed by atoms with Crippen molar-refractivity contribution in [3.8, 4) is 0 Å². The minimum atomic E-state index is -0.389. The van der Waals surface area contributed by atoms with Crippen LogP contribution in [0.25, 0.3) is 0 Å². The fraction of sp³-hybridized carbons (Fsp3) is 0.364. The Bertz CT molecular complexity index is 409. The molecule has 1 heterocycles. The van der Waals surface area contributed by atoms with E-state index in [0.29, 0.717) is 12.3 Å². The molecule has 0 saturated carbocycles. The summed E-state index contributed by atoms with van der Waals surface area (Å²) in [5.41, 5.74) is 0.433. The number of esters is 1. The van der Waals surface area contributed by atoms with Crippen LogP contribution >= 0.6 is 11.6 Å². The van der Waals surface area contributed by atoms with Crippen LogP contribution in [-0.2, 0) is 14.3 Å². The van der Waals surface area contributed by atoms with Crippen molar-refractivity contribution in [1.29, 1.82) is 0 Å². The van der Waals surface area contributed by atoms with Crippen molar-refractivity contribution in [3.63, 3.8) is 0 Å². The molecule has 92 valence electrons. The lowest BCUT2D eigenvalue weighted by Gasteiger charge is -2.05. The Kier molecular flexibility index (Phi) is 5.42. The van der Waals surface area contributed by atoms with Crippen molar-refractivity contribution in [1.82, 2.24) is 4.98 Å². The predicted molar refractivity (Wildman–Crippen MR) is 63.7 cm³/mol. The molecule has 0 aliphatic heterocycles.